The van der Waals surface area contributed by atoms with Crippen molar-refractivity contribution in [2.75, 3.05) is 0 Å². The van der Waals surface area contributed by atoms with E-state index in [1.165, 1.54) is 24.7 Å². The average molecular weight is 256 g/mol. The number of pyridine rings is 1. The highest BCUT2D eigenvalue weighted by molar-refractivity contribution is 5.24. The Hall–Kier alpha value is -1.85. The van der Waals surface area contributed by atoms with E-state index in [-0.39, 0.29) is 5.69 Å². The van der Waals surface area contributed by atoms with Crippen molar-refractivity contribution in [1.82, 2.24) is 14.8 Å². The highest BCUT2D eigenvalue weighted by atomic mass is 19.4. The molecular formula is C12H12F3N3. The van der Waals surface area contributed by atoms with Gasteiger partial charge in [0.25, 0.3) is 0 Å². The fraction of sp³-hybridized carbons (Fsp3) is 0.333. The summed E-state index contributed by atoms with van der Waals surface area (Å²) in [6.45, 7) is 0.433. The first-order chi connectivity index (χ1) is 8.79. The van der Waals surface area contributed by atoms with Crippen LogP contribution in [0.1, 0.15) is 25.4 Å². The maximum absolute atomic E-state index is 12.3. The molecule has 1 atom stereocenters. The number of rotatable bonds is 3. The second-order valence-electron chi connectivity index (χ2n) is 3.87. The summed E-state index contributed by atoms with van der Waals surface area (Å²) in [7, 11) is 0. The Morgan fingerprint density at radius 3 is 2.61 bits per heavy atom. The number of aromatic nitrogens is 3. The predicted octanol–water partition coefficient (Wildman–Crippen LogP) is 2.99. The second-order valence-corrected chi connectivity index (χ2v) is 3.87. The topological polar surface area (TPSA) is 30.7 Å². The van der Waals surface area contributed by atoms with Crippen LogP contribution in [0.15, 0.2) is 36.8 Å². The fourth-order valence-electron chi connectivity index (χ4n) is 1.58. The average Bonchev–Trinajstić information content (AvgIpc) is 2.77. The lowest BCUT2D eigenvalue weighted by Gasteiger charge is -2.09. The maximum Gasteiger partial charge on any atom is 0.408 e. The van der Waals surface area contributed by atoms with Gasteiger partial charge in [0, 0.05) is 25.9 Å². The van der Waals surface area contributed by atoms with Crippen LogP contribution in [0.5, 0.6) is 0 Å². The first kappa shape index (κ1) is 11.3. The van der Waals surface area contributed by atoms with E-state index in [1.807, 2.05) is 0 Å². The van der Waals surface area contributed by atoms with Gasteiger partial charge in [0.15, 0.2) is 0 Å². The molecule has 0 amide bonds. The van der Waals surface area contributed by atoms with E-state index < -0.39 is 18.6 Å². The molecule has 0 aliphatic carbocycles. The number of alkyl halides is 3. The molecule has 96 valence electrons. The molecule has 0 fully saturated rings. The van der Waals surface area contributed by atoms with E-state index in [9.17, 15) is 13.2 Å². The third kappa shape index (κ3) is 3.09. The predicted molar refractivity (Wildman–Crippen MR) is 60.0 cm³/mol. The van der Waals surface area contributed by atoms with Gasteiger partial charge in [0.2, 0.25) is 0 Å². The van der Waals surface area contributed by atoms with Gasteiger partial charge in [-0.2, -0.15) is 18.3 Å². The van der Waals surface area contributed by atoms with Crippen LogP contribution in [0.2, 0.25) is 0 Å². The molecule has 2 heterocycles. The van der Waals surface area contributed by atoms with Gasteiger partial charge in [-0.1, -0.05) is 6.92 Å². The second kappa shape index (κ2) is 4.80. The zero-order valence-electron chi connectivity index (χ0n) is 10.6. The van der Waals surface area contributed by atoms with Crippen molar-refractivity contribution in [3.05, 3.63) is 48.0 Å². The van der Waals surface area contributed by atoms with Crippen LogP contribution in [0.4, 0.5) is 13.2 Å². The van der Waals surface area contributed by atoms with E-state index in [1.54, 1.807) is 19.1 Å². The third-order valence-corrected chi connectivity index (χ3v) is 2.48. The van der Waals surface area contributed by atoms with Crippen molar-refractivity contribution in [3.8, 4) is 0 Å². The molecule has 0 aromatic carbocycles. The van der Waals surface area contributed by atoms with Crippen molar-refractivity contribution in [3.63, 3.8) is 0 Å². The first-order valence-corrected chi connectivity index (χ1v) is 5.30. The third-order valence-electron chi connectivity index (χ3n) is 2.48. The van der Waals surface area contributed by atoms with Gasteiger partial charge in [-0.25, -0.2) is 0 Å². The number of nitrogens with zero attached hydrogens (tertiary/aromatic N) is 3. The molecule has 0 bridgehead atoms. The van der Waals surface area contributed by atoms with Crippen LogP contribution < -0.4 is 0 Å². The Morgan fingerprint density at radius 2 is 2.00 bits per heavy atom. The number of halogens is 3. The molecule has 0 radical (unpaired) electrons. The van der Waals surface area contributed by atoms with E-state index >= 15 is 0 Å². The van der Waals surface area contributed by atoms with Crippen LogP contribution in [-0.2, 0) is 6.54 Å². The Kier molecular flexibility index (Phi) is 3.00. The largest absolute Gasteiger partial charge is 0.408 e. The monoisotopic (exact) mass is 256 g/mol. The lowest BCUT2D eigenvalue weighted by atomic mass is 9.99. The molecule has 0 saturated heterocycles. The van der Waals surface area contributed by atoms with Crippen LogP contribution in [0.25, 0.3) is 0 Å². The first-order valence-electron chi connectivity index (χ1n) is 5.80. The van der Waals surface area contributed by atoms with Crippen LogP contribution in [0, 0.1) is 0 Å². The van der Waals surface area contributed by atoms with Gasteiger partial charge >= 0.3 is 6.18 Å². The summed E-state index contributed by atoms with van der Waals surface area (Å²) in [4.78, 5) is 3.85. The van der Waals surface area contributed by atoms with Crippen molar-refractivity contribution in [2.24, 2.45) is 0 Å². The summed E-state index contributed by atoms with van der Waals surface area (Å²) < 4.78 is 45.8. The van der Waals surface area contributed by atoms with Gasteiger partial charge in [-0.15, -0.1) is 0 Å². The molecular weight excluding hydrogens is 243 g/mol. The molecule has 0 saturated carbocycles. The molecule has 0 aliphatic heterocycles. The fourth-order valence-corrected chi connectivity index (χ4v) is 1.58. The summed E-state index contributed by atoms with van der Waals surface area (Å²) in [6.07, 6.45) is -0.0150. The quantitative estimate of drug-likeness (QED) is 0.845. The highest BCUT2D eigenvalue weighted by Crippen LogP contribution is 2.23. The molecule has 6 heteroatoms. The number of hydrogen-bond acceptors (Lipinski definition) is 2. The molecule has 3 nitrogen and oxygen atoms in total. The summed E-state index contributed by atoms with van der Waals surface area (Å²) in [5, 5.41) is 3.83. The zero-order valence-corrected chi connectivity index (χ0v) is 9.65. The van der Waals surface area contributed by atoms with Crippen molar-refractivity contribution in [2.45, 2.75) is 25.5 Å². The lowest BCUT2D eigenvalue weighted by Crippen LogP contribution is -2.18. The molecule has 18 heavy (non-hydrogen) atoms. The van der Waals surface area contributed by atoms with Crippen molar-refractivity contribution < 1.29 is 14.5 Å². The molecule has 0 aliphatic rings. The summed E-state index contributed by atoms with van der Waals surface area (Å²) in [5.74, 6) is -1.21. The number of hydrogen-bond donors (Lipinski definition) is 0. The van der Waals surface area contributed by atoms with Crippen LogP contribution >= 0.6 is 0 Å². The maximum atomic E-state index is 12.3. The van der Waals surface area contributed by atoms with Crippen molar-refractivity contribution >= 4 is 0 Å². The molecule has 0 N–H and O–H groups in total. The minimum absolute atomic E-state index is 0.267. The van der Waals surface area contributed by atoms with E-state index in [4.69, 9.17) is 1.37 Å². The SMILES string of the molecule is [2H]C(C)(c1ccncc1)c1ccn(CC(F)(F)F)n1. The van der Waals surface area contributed by atoms with E-state index in [0.29, 0.717) is 5.56 Å². The molecule has 1 unspecified atom stereocenters. The van der Waals surface area contributed by atoms with E-state index in [0.717, 1.165) is 4.68 Å². The minimum atomic E-state index is -4.32. The molecule has 2 aromatic heterocycles. The summed E-state index contributed by atoms with van der Waals surface area (Å²) in [5.41, 5.74) is 0.891. The molecule has 2 rings (SSSR count). The Morgan fingerprint density at radius 1 is 1.33 bits per heavy atom. The summed E-state index contributed by atoms with van der Waals surface area (Å²) in [6, 6.07) is 4.73. The molecule has 2 aromatic rings. The standard InChI is InChI=1S/C12H12F3N3/c1-9(10-2-5-16-6-3-10)11-4-7-18(17-11)8-12(13,14)15/h2-7,9H,8H2,1H3/i9D. The Balaban J connectivity index is 2.27. The highest BCUT2D eigenvalue weighted by Gasteiger charge is 2.28. The molecule has 0 spiro atoms. The minimum Gasteiger partial charge on any atom is -0.265 e. The van der Waals surface area contributed by atoms with Gasteiger partial charge in [-0.05, 0) is 23.8 Å². The lowest BCUT2D eigenvalue weighted by molar-refractivity contribution is -0.142. The van der Waals surface area contributed by atoms with Crippen LogP contribution in [0.3, 0.4) is 0 Å². The van der Waals surface area contributed by atoms with Gasteiger partial charge < -0.3 is 0 Å². The smallest absolute Gasteiger partial charge is 0.265 e. The van der Waals surface area contributed by atoms with Gasteiger partial charge in [-0.3, -0.25) is 9.67 Å². The van der Waals surface area contributed by atoms with Crippen LogP contribution in [-0.4, -0.2) is 20.9 Å². The summed E-state index contributed by atoms with van der Waals surface area (Å²) >= 11 is 0. The van der Waals surface area contributed by atoms with Gasteiger partial charge in [0.1, 0.15) is 6.54 Å². The van der Waals surface area contributed by atoms with Gasteiger partial charge in [0.05, 0.1) is 5.69 Å². The Bertz CT molecular complexity index is 549. The zero-order chi connectivity index (χ0) is 14.1. The normalized spacial score (nSPS) is 16.1. The Labute approximate surface area is 104 Å². The van der Waals surface area contributed by atoms with Crippen molar-refractivity contribution in [1.29, 1.82) is 0 Å². The van der Waals surface area contributed by atoms with E-state index in [2.05, 4.69) is 10.1 Å².